The van der Waals surface area contributed by atoms with E-state index in [0.717, 1.165) is 23.1 Å². The average molecular weight is 286 g/mol. The highest BCUT2D eigenvalue weighted by atomic mass is 16.3. The van der Waals surface area contributed by atoms with Gasteiger partial charge in [0.15, 0.2) is 11.5 Å². The molecule has 0 aliphatic rings. The highest BCUT2D eigenvalue weighted by Crippen LogP contribution is 2.31. The molecule has 0 radical (unpaired) electrons. The van der Waals surface area contributed by atoms with Crippen molar-refractivity contribution in [1.82, 2.24) is 0 Å². The van der Waals surface area contributed by atoms with Crippen LogP contribution >= 0.6 is 0 Å². The standard InChI is InChI=1S/C18H22O3/c1-11(2)15-7-13(8-16(19)9-15)6-12(3)14-4-5-17(20)18(21)10-14/h4-5,7-12,19-21H,6H2,1-3H3. The zero-order chi connectivity index (χ0) is 15.6. The van der Waals surface area contributed by atoms with Gasteiger partial charge in [0.25, 0.3) is 0 Å². The van der Waals surface area contributed by atoms with E-state index in [9.17, 15) is 15.3 Å². The average Bonchev–Trinajstić information content (AvgIpc) is 2.41. The minimum atomic E-state index is -0.106. The second-order valence-electron chi connectivity index (χ2n) is 5.94. The Labute approximate surface area is 125 Å². The molecule has 0 heterocycles. The van der Waals surface area contributed by atoms with E-state index in [-0.39, 0.29) is 23.2 Å². The predicted molar refractivity (Wildman–Crippen MR) is 84.1 cm³/mol. The molecule has 0 aromatic heterocycles. The Morgan fingerprint density at radius 3 is 2.14 bits per heavy atom. The van der Waals surface area contributed by atoms with Gasteiger partial charge in [0, 0.05) is 0 Å². The number of hydrogen-bond acceptors (Lipinski definition) is 3. The largest absolute Gasteiger partial charge is 0.508 e. The molecular weight excluding hydrogens is 264 g/mol. The Morgan fingerprint density at radius 2 is 1.52 bits per heavy atom. The van der Waals surface area contributed by atoms with E-state index >= 15 is 0 Å². The molecule has 3 nitrogen and oxygen atoms in total. The lowest BCUT2D eigenvalue weighted by Crippen LogP contribution is -2.00. The third-order valence-corrected chi connectivity index (χ3v) is 3.78. The molecule has 0 spiro atoms. The quantitative estimate of drug-likeness (QED) is 0.735. The van der Waals surface area contributed by atoms with Gasteiger partial charge >= 0.3 is 0 Å². The van der Waals surface area contributed by atoms with E-state index in [2.05, 4.69) is 26.8 Å². The molecule has 0 saturated carbocycles. The van der Waals surface area contributed by atoms with Crippen LogP contribution in [0.4, 0.5) is 0 Å². The molecule has 112 valence electrons. The molecule has 0 fully saturated rings. The molecule has 2 aromatic rings. The van der Waals surface area contributed by atoms with E-state index in [1.54, 1.807) is 18.2 Å². The Balaban J connectivity index is 2.22. The topological polar surface area (TPSA) is 60.7 Å². The predicted octanol–water partition coefficient (Wildman–Crippen LogP) is 4.27. The highest BCUT2D eigenvalue weighted by molar-refractivity contribution is 5.42. The molecule has 0 bridgehead atoms. The fourth-order valence-electron chi connectivity index (χ4n) is 2.47. The van der Waals surface area contributed by atoms with Crippen molar-refractivity contribution < 1.29 is 15.3 Å². The lowest BCUT2D eigenvalue weighted by molar-refractivity contribution is 0.402. The van der Waals surface area contributed by atoms with Crippen LogP contribution in [0.5, 0.6) is 17.2 Å². The van der Waals surface area contributed by atoms with Crippen LogP contribution in [0.3, 0.4) is 0 Å². The summed E-state index contributed by atoms with van der Waals surface area (Å²) in [6.07, 6.45) is 0.762. The number of phenols is 3. The first-order valence-corrected chi connectivity index (χ1v) is 7.21. The molecule has 1 unspecified atom stereocenters. The van der Waals surface area contributed by atoms with Crippen molar-refractivity contribution in [2.24, 2.45) is 0 Å². The van der Waals surface area contributed by atoms with Gasteiger partial charge in [0.05, 0.1) is 0 Å². The third-order valence-electron chi connectivity index (χ3n) is 3.78. The number of rotatable bonds is 4. The highest BCUT2D eigenvalue weighted by Gasteiger charge is 2.11. The summed E-state index contributed by atoms with van der Waals surface area (Å²) in [4.78, 5) is 0. The number of aromatic hydroxyl groups is 3. The van der Waals surface area contributed by atoms with Crippen LogP contribution in [0, 0.1) is 0 Å². The SMILES string of the molecule is CC(C)c1cc(O)cc(CC(C)c2ccc(O)c(O)c2)c1. The van der Waals surface area contributed by atoms with Crippen molar-refractivity contribution in [3.63, 3.8) is 0 Å². The Morgan fingerprint density at radius 1 is 0.810 bits per heavy atom. The summed E-state index contributed by atoms with van der Waals surface area (Å²) in [5.74, 6) is 0.627. The van der Waals surface area contributed by atoms with Crippen LogP contribution < -0.4 is 0 Å². The minimum Gasteiger partial charge on any atom is -0.508 e. The Hall–Kier alpha value is -2.16. The van der Waals surface area contributed by atoms with Crippen LogP contribution in [0.1, 0.15) is 49.3 Å². The number of benzene rings is 2. The maximum atomic E-state index is 9.83. The fourth-order valence-corrected chi connectivity index (χ4v) is 2.47. The number of hydrogen-bond donors (Lipinski definition) is 3. The van der Waals surface area contributed by atoms with E-state index in [1.807, 2.05) is 6.07 Å². The van der Waals surface area contributed by atoms with Crippen LogP contribution in [0.25, 0.3) is 0 Å². The van der Waals surface area contributed by atoms with Gasteiger partial charge in [0.2, 0.25) is 0 Å². The molecule has 1 atom stereocenters. The molecule has 3 N–H and O–H groups in total. The molecule has 0 aliphatic carbocycles. The van der Waals surface area contributed by atoms with Crippen LogP contribution in [0.15, 0.2) is 36.4 Å². The van der Waals surface area contributed by atoms with Crippen LogP contribution in [-0.4, -0.2) is 15.3 Å². The maximum absolute atomic E-state index is 9.83. The van der Waals surface area contributed by atoms with Crippen molar-refractivity contribution in [1.29, 1.82) is 0 Å². The van der Waals surface area contributed by atoms with E-state index in [4.69, 9.17) is 0 Å². The van der Waals surface area contributed by atoms with Crippen molar-refractivity contribution in [2.45, 2.75) is 39.0 Å². The van der Waals surface area contributed by atoms with Crippen LogP contribution in [-0.2, 0) is 6.42 Å². The van der Waals surface area contributed by atoms with E-state index in [0.29, 0.717) is 5.92 Å². The molecule has 3 heteroatoms. The minimum absolute atomic E-state index is 0.0990. The first-order chi connectivity index (χ1) is 9.86. The lowest BCUT2D eigenvalue weighted by Gasteiger charge is -2.15. The smallest absolute Gasteiger partial charge is 0.157 e. The molecule has 0 aliphatic heterocycles. The first kappa shape index (κ1) is 15.2. The van der Waals surface area contributed by atoms with Gasteiger partial charge in [-0.15, -0.1) is 0 Å². The second kappa shape index (κ2) is 6.08. The summed E-state index contributed by atoms with van der Waals surface area (Å²) >= 11 is 0. The van der Waals surface area contributed by atoms with Crippen molar-refractivity contribution in [3.05, 3.63) is 53.1 Å². The summed E-state index contributed by atoms with van der Waals surface area (Å²) in [7, 11) is 0. The van der Waals surface area contributed by atoms with Crippen LogP contribution in [0.2, 0.25) is 0 Å². The van der Waals surface area contributed by atoms with Gasteiger partial charge in [-0.3, -0.25) is 0 Å². The molecule has 2 aromatic carbocycles. The van der Waals surface area contributed by atoms with Crippen molar-refractivity contribution in [2.75, 3.05) is 0 Å². The monoisotopic (exact) mass is 286 g/mol. The summed E-state index contributed by atoms with van der Waals surface area (Å²) in [6.45, 7) is 6.25. The normalized spacial score (nSPS) is 12.6. The maximum Gasteiger partial charge on any atom is 0.157 e. The van der Waals surface area contributed by atoms with Gasteiger partial charge < -0.3 is 15.3 Å². The zero-order valence-corrected chi connectivity index (χ0v) is 12.7. The molecular formula is C18H22O3. The Bertz CT molecular complexity index is 632. The molecule has 0 saturated heterocycles. The summed E-state index contributed by atoms with van der Waals surface area (Å²) in [5, 5.41) is 28.8. The molecule has 21 heavy (non-hydrogen) atoms. The summed E-state index contributed by atoms with van der Waals surface area (Å²) < 4.78 is 0. The number of phenolic OH excluding ortho intramolecular Hbond substituents is 3. The summed E-state index contributed by atoms with van der Waals surface area (Å²) in [6, 6.07) is 10.6. The van der Waals surface area contributed by atoms with Gasteiger partial charge in [-0.05, 0) is 59.2 Å². The fraction of sp³-hybridized carbons (Fsp3) is 0.333. The van der Waals surface area contributed by atoms with Gasteiger partial charge in [-0.1, -0.05) is 32.9 Å². The third kappa shape index (κ3) is 3.69. The zero-order valence-electron chi connectivity index (χ0n) is 12.7. The van der Waals surface area contributed by atoms with Crippen molar-refractivity contribution >= 4 is 0 Å². The molecule has 0 amide bonds. The summed E-state index contributed by atoms with van der Waals surface area (Å²) in [5.41, 5.74) is 3.14. The first-order valence-electron chi connectivity index (χ1n) is 7.21. The van der Waals surface area contributed by atoms with E-state index in [1.165, 1.54) is 6.07 Å². The molecule has 2 rings (SSSR count). The van der Waals surface area contributed by atoms with Crippen molar-refractivity contribution in [3.8, 4) is 17.2 Å². The lowest BCUT2D eigenvalue weighted by atomic mass is 9.91. The van der Waals surface area contributed by atoms with E-state index < -0.39 is 0 Å². The van der Waals surface area contributed by atoms with Gasteiger partial charge in [-0.2, -0.15) is 0 Å². The second-order valence-corrected chi connectivity index (χ2v) is 5.94. The van der Waals surface area contributed by atoms with Gasteiger partial charge in [0.1, 0.15) is 5.75 Å². The van der Waals surface area contributed by atoms with Gasteiger partial charge in [-0.25, -0.2) is 0 Å². The Kier molecular flexibility index (Phi) is 4.41.